The van der Waals surface area contributed by atoms with Crippen LogP contribution in [0.5, 0.6) is 5.75 Å². The van der Waals surface area contributed by atoms with Crippen LogP contribution in [0.4, 0.5) is 11.5 Å². The van der Waals surface area contributed by atoms with Crippen LogP contribution in [0.15, 0.2) is 60.7 Å². The van der Waals surface area contributed by atoms with Gasteiger partial charge < -0.3 is 10.4 Å². The highest BCUT2D eigenvalue weighted by atomic mass is 16.3. The van der Waals surface area contributed by atoms with E-state index in [4.69, 9.17) is 0 Å². The van der Waals surface area contributed by atoms with E-state index in [1.807, 2.05) is 36.4 Å². The molecule has 0 amide bonds. The fraction of sp³-hybridized carbons (Fsp3) is 0.150. The van der Waals surface area contributed by atoms with E-state index in [1.54, 1.807) is 16.6 Å². The third-order valence-electron chi connectivity index (χ3n) is 4.23. The van der Waals surface area contributed by atoms with Crippen molar-refractivity contribution in [2.45, 2.75) is 19.8 Å². The number of hydrogen-bond acceptors (Lipinski definition) is 5. The SMILES string of the molecule is CCc1cccc(Nc2ccc3nnc(Cc4ccc(O)cc4)n3n2)c1. The Morgan fingerprint density at radius 2 is 1.81 bits per heavy atom. The molecule has 0 saturated carbocycles. The molecule has 0 fully saturated rings. The van der Waals surface area contributed by atoms with Crippen LogP contribution in [0.25, 0.3) is 5.65 Å². The molecule has 2 aromatic heterocycles. The molecule has 0 unspecified atom stereocenters. The number of nitrogens with zero attached hydrogens (tertiary/aromatic N) is 4. The van der Waals surface area contributed by atoms with Gasteiger partial charge in [-0.05, 0) is 53.9 Å². The summed E-state index contributed by atoms with van der Waals surface area (Å²) < 4.78 is 1.75. The first-order chi connectivity index (χ1) is 12.7. The lowest BCUT2D eigenvalue weighted by Gasteiger charge is -2.08. The van der Waals surface area contributed by atoms with Gasteiger partial charge in [0, 0.05) is 12.1 Å². The van der Waals surface area contributed by atoms with Crippen molar-refractivity contribution in [3.05, 3.63) is 77.6 Å². The molecule has 0 spiro atoms. The molecule has 0 radical (unpaired) electrons. The molecule has 130 valence electrons. The third kappa shape index (κ3) is 3.35. The molecule has 0 atom stereocenters. The average Bonchev–Trinajstić information content (AvgIpc) is 3.06. The van der Waals surface area contributed by atoms with Gasteiger partial charge in [-0.2, -0.15) is 4.52 Å². The maximum atomic E-state index is 9.41. The molecule has 26 heavy (non-hydrogen) atoms. The molecule has 0 bridgehead atoms. The van der Waals surface area contributed by atoms with Crippen LogP contribution in [0.3, 0.4) is 0 Å². The van der Waals surface area contributed by atoms with Gasteiger partial charge in [-0.25, -0.2) is 0 Å². The van der Waals surface area contributed by atoms with Gasteiger partial charge in [-0.3, -0.25) is 0 Å². The molecule has 0 aliphatic rings. The highest BCUT2D eigenvalue weighted by molar-refractivity contribution is 5.58. The second-order valence-corrected chi connectivity index (χ2v) is 6.13. The lowest BCUT2D eigenvalue weighted by atomic mass is 10.1. The number of phenols is 1. The van der Waals surface area contributed by atoms with Crippen LogP contribution in [-0.2, 0) is 12.8 Å². The summed E-state index contributed by atoms with van der Waals surface area (Å²) in [5.74, 6) is 1.73. The number of anilines is 2. The van der Waals surface area contributed by atoms with Gasteiger partial charge in [0.05, 0.1) is 0 Å². The quantitative estimate of drug-likeness (QED) is 0.576. The first kappa shape index (κ1) is 16.1. The summed E-state index contributed by atoms with van der Waals surface area (Å²) in [5, 5.41) is 25.8. The summed E-state index contributed by atoms with van der Waals surface area (Å²) in [6, 6.07) is 19.2. The molecular weight excluding hydrogens is 326 g/mol. The summed E-state index contributed by atoms with van der Waals surface area (Å²) >= 11 is 0. The number of aryl methyl sites for hydroxylation is 1. The van der Waals surface area contributed by atoms with Crippen LogP contribution < -0.4 is 5.32 Å². The minimum atomic E-state index is 0.249. The van der Waals surface area contributed by atoms with E-state index in [0.717, 1.165) is 29.3 Å². The average molecular weight is 345 g/mol. The van der Waals surface area contributed by atoms with Crippen molar-refractivity contribution in [2.24, 2.45) is 0 Å². The van der Waals surface area contributed by atoms with Gasteiger partial charge in [0.15, 0.2) is 17.3 Å². The summed E-state index contributed by atoms with van der Waals surface area (Å²) in [6.45, 7) is 2.14. The zero-order valence-electron chi connectivity index (χ0n) is 14.4. The van der Waals surface area contributed by atoms with Gasteiger partial charge in [-0.15, -0.1) is 15.3 Å². The van der Waals surface area contributed by atoms with Crippen molar-refractivity contribution in [2.75, 3.05) is 5.32 Å². The topological polar surface area (TPSA) is 75.3 Å². The van der Waals surface area contributed by atoms with Gasteiger partial charge in [0.2, 0.25) is 0 Å². The zero-order chi connectivity index (χ0) is 17.9. The van der Waals surface area contributed by atoms with Crippen LogP contribution in [0.2, 0.25) is 0 Å². The van der Waals surface area contributed by atoms with Crippen molar-refractivity contribution < 1.29 is 5.11 Å². The number of phenolic OH excluding ortho intramolecular Hbond substituents is 1. The van der Waals surface area contributed by atoms with Gasteiger partial charge in [-0.1, -0.05) is 31.2 Å². The number of aromatic nitrogens is 4. The Morgan fingerprint density at radius 3 is 2.62 bits per heavy atom. The molecule has 0 aliphatic carbocycles. The smallest absolute Gasteiger partial charge is 0.178 e. The fourth-order valence-electron chi connectivity index (χ4n) is 2.82. The molecule has 6 heteroatoms. The normalized spacial score (nSPS) is 11.0. The molecule has 0 aliphatic heterocycles. The lowest BCUT2D eigenvalue weighted by molar-refractivity contribution is 0.475. The summed E-state index contributed by atoms with van der Waals surface area (Å²) in [6.07, 6.45) is 1.58. The standard InChI is InChI=1S/C20H19N5O/c1-2-14-4-3-5-16(12-14)21-18-10-11-19-22-23-20(25(19)24-18)13-15-6-8-17(26)9-7-15/h3-12,26H,2,13H2,1H3,(H,21,24). The Balaban J connectivity index is 1.62. The van der Waals surface area contributed by atoms with E-state index < -0.39 is 0 Å². The third-order valence-corrected chi connectivity index (χ3v) is 4.23. The fourth-order valence-corrected chi connectivity index (χ4v) is 2.82. The number of benzene rings is 2. The number of hydrogen-bond donors (Lipinski definition) is 2. The summed E-state index contributed by atoms with van der Waals surface area (Å²) in [7, 11) is 0. The molecule has 0 saturated heterocycles. The number of rotatable bonds is 5. The van der Waals surface area contributed by atoms with Gasteiger partial charge in [0.25, 0.3) is 0 Å². The second kappa shape index (κ2) is 6.84. The van der Waals surface area contributed by atoms with E-state index in [2.05, 4.69) is 39.7 Å². The predicted molar refractivity (Wildman–Crippen MR) is 101 cm³/mol. The van der Waals surface area contributed by atoms with Gasteiger partial charge in [0.1, 0.15) is 5.75 Å². The first-order valence-corrected chi connectivity index (χ1v) is 8.56. The maximum Gasteiger partial charge on any atom is 0.178 e. The molecule has 4 rings (SSSR count). The second-order valence-electron chi connectivity index (χ2n) is 6.13. The number of nitrogens with one attached hydrogen (secondary N) is 1. The largest absolute Gasteiger partial charge is 0.508 e. The van der Waals surface area contributed by atoms with E-state index in [9.17, 15) is 5.11 Å². The predicted octanol–water partition coefficient (Wildman–Crippen LogP) is 3.73. The Bertz CT molecular complexity index is 1040. The molecule has 2 N–H and O–H groups in total. The zero-order valence-corrected chi connectivity index (χ0v) is 14.4. The van der Waals surface area contributed by atoms with Crippen molar-refractivity contribution >= 4 is 17.2 Å². The Labute approximate surface area is 151 Å². The van der Waals surface area contributed by atoms with Crippen molar-refractivity contribution in [1.82, 2.24) is 19.8 Å². The minimum Gasteiger partial charge on any atom is -0.508 e. The highest BCUT2D eigenvalue weighted by Crippen LogP contribution is 2.18. The van der Waals surface area contributed by atoms with Crippen molar-refractivity contribution in [1.29, 1.82) is 0 Å². The molecule has 2 heterocycles. The number of fused-ring (bicyclic) bond motifs is 1. The van der Waals surface area contributed by atoms with Crippen molar-refractivity contribution in [3.63, 3.8) is 0 Å². The highest BCUT2D eigenvalue weighted by Gasteiger charge is 2.09. The van der Waals surface area contributed by atoms with Crippen LogP contribution in [-0.4, -0.2) is 24.9 Å². The molecular formula is C20H19N5O. The van der Waals surface area contributed by atoms with E-state index in [-0.39, 0.29) is 5.75 Å². The van der Waals surface area contributed by atoms with Crippen LogP contribution in [0.1, 0.15) is 23.9 Å². The Hall–Kier alpha value is -3.41. The summed E-state index contributed by atoms with van der Waals surface area (Å²) in [4.78, 5) is 0. The maximum absolute atomic E-state index is 9.41. The van der Waals surface area contributed by atoms with E-state index in [0.29, 0.717) is 12.1 Å². The number of aromatic hydroxyl groups is 1. The molecule has 6 nitrogen and oxygen atoms in total. The van der Waals surface area contributed by atoms with Crippen molar-refractivity contribution in [3.8, 4) is 5.75 Å². The Kier molecular flexibility index (Phi) is 4.23. The molecule has 2 aromatic carbocycles. The lowest BCUT2D eigenvalue weighted by Crippen LogP contribution is -2.03. The van der Waals surface area contributed by atoms with E-state index >= 15 is 0 Å². The van der Waals surface area contributed by atoms with Crippen LogP contribution in [0, 0.1) is 0 Å². The first-order valence-electron chi connectivity index (χ1n) is 8.56. The van der Waals surface area contributed by atoms with Gasteiger partial charge >= 0.3 is 0 Å². The summed E-state index contributed by atoms with van der Waals surface area (Å²) in [5.41, 5.74) is 4.01. The Morgan fingerprint density at radius 1 is 0.962 bits per heavy atom. The monoisotopic (exact) mass is 345 g/mol. The van der Waals surface area contributed by atoms with Crippen LogP contribution >= 0.6 is 0 Å². The molecule has 4 aromatic rings. The van der Waals surface area contributed by atoms with E-state index in [1.165, 1.54) is 5.56 Å². The minimum absolute atomic E-state index is 0.249.